The van der Waals surface area contributed by atoms with E-state index in [1.807, 2.05) is 25.1 Å². The minimum atomic E-state index is -0.453. The number of carbonyl (C=O) groups excluding carboxylic acids is 1. The Morgan fingerprint density at radius 1 is 1.47 bits per heavy atom. The number of nitrogens with two attached hydrogens (primary N) is 1. The summed E-state index contributed by atoms with van der Waals surface area (Å²) in [6.07, 6.45) is 6.00. The molecule has 4 heteroatoms. The molecular weight excluding hydrogens is 240 g/mol. The first-order valence-corrected chi connectivity index (χ1v) is 6.73. The number of anilines is 2. The SMILES string of the molecule is CCCOC(=O)Nc1cc(C2=CCCC2)ccc1N. The number of carbonyl (C=O) groups is 1. The van der Waals surface area contributed by atoms with E-state index >= 15 is 0 Å². The molecule has 4 nitrogen and oxygen atoms in total. The van der Waals surface area contributed by atoms with Gasteiger partial charge in [-0.05, 0) is 49.0 Å². The maximum absolute atomic E-state index is 11.6. The number of amides is 1. The van der Waals surface area contributed by atoms with E-state index < -0.39 is 6.09 Å². The average Bonchev–Trinajstić information content (AvgIpc) is 2.93. The summed E-state index contributed by atoms with van der Waals surface area (Å²) in [5, 5.41) is 2.70. The van der Waals surface area contributed by atoms with Gasteiger partial charge >= 0.3 is 6.09 Å². The predicted octanol–water partition coefficient (Wildman–Crippen LogP) is 3.79. The van der Waals surface area contributed by atoms with E-state index in [1.165, 1.54) is 12.0 Å². The lowest BCUT2D eigenvalue weighted by molar-refractivity contribution is 0.161. The van der Waals surface area contributed by atoms with Gasteiger partial charge < -0.3 is 10.5 Å². The summed E-state index contributed by atoms with van der Waals surface area (Å²) < 4.78 is 5.00. The molecule has 102 valence electrons. The Kier molecular flexibility index (Phi) is 4.44. The van der Waals surface area contributed by atoms with Crippen LogP contribution >= 0.6 is 0 Å². The van der Waals surface area contributed by atoms with E-state index in [9.17, 15) is 4.79 Å². The molecule has 0 radical (unpaired) electrons. The lowest BCUT2D eigenvalue weighted by Gasteiger charge is -2.11. The van der Waals surface area contributed by atoms with Crippen molar-refractivity contribution >= 4 is 23.0 Å². The van der Waals surface area contributed by atoms with Gasteiger partial charge in [0.1, 0.15) is 0 Å². The highest BCUT2D eigenvalue weighted by Gasteiger charge is 2.11. The number of ether oxygens (including phenoxy) is 1. The molecule has 0 saturated carbocycles. The molecule has 1 aliphatic rings. The van der Waals surface area contributed by atoms with Crippen molar-refractivity contribution < 1.29 is 9.53 Å². The Hall–Kier alpha value is -1.97. The monoisotopic (exact) mass is 260 g/mol. The molecule has 0 aliphatic heterocycles. The van der Waals surface area contributed by atoms with Crippen molar-refractivity contribution in [1.29, 1.82) is 0 Å². The molecule has 0 bridgehead atoms. The molecule has 3 N–H and O–H groups in total. The van der Waals surface area contributed by atoms with Crippen LogP contribution < -0.4 is 11.1 Å². The maximum Gasteiger partial charge on any atom is 0.411 e. The molecule has 0 spiro atoms. The molecule has 2 rings (SSSR count). The van der Waals surface area contributed by atoms with Crippen LogP contribution in [0.1, 0.15) is 38.2 Å². The summed E-state index contributed by atoms with van der Waals surface area (Å²) in [5.74, 6) is 0. The molecule has 0 saturated heterocycles. The van der Waals surface area contributed by atoms with E-state index in [0.717, 1.165) is 24.8 Å². The molecule has 0 heterocycles. The molecule has 0 fully saturated rings. The van der Waals surface area contributed by atoms with E-state index in [2.05, 4.69) is 11.4 Å². The van der Waals surface area contributed by atoms with Crippen LogP contribution in [-0.4, -0.2) is 12.7 Å². The van der Waals surface area contributed by atoms with Crippen molar-refractivity contribution in [2.24, 2.45) is 0 Å². The van der Waals surface area contributed by atoms with Crippen molar-refractivity contribution in [2.75, 3.05) is 17.7 Å². The fraction of sp³-hybridized carbons (Fsp3) is 0.400. The van der Waals surface area contributed by atoms with Gasteiger partial charge in [-0.1, -0.05) is 19.1 Å². The highest BCUT2D eigenvalue weighted by Crippen LogP contribution is 2.31. The zero-order valence-corrected chi connectivity index (χ0v) is 11.2. The van der Waals surface area contributed by atoms with Crippen LogP contribution in [-0.2, 0) is 4.74 Å². The number of nitrogens with one attached hydrogen (secondary N) is 1. The molecule has 0 unspecified atom stereocenters. The molecule has 1 aromatic carbocycles. The minimum absolute atomic E-state index is 0.413. The first-order valence-electron chi connectivity index (χ1n) is 6.73. The molecule has 1 aromatic rings. The van der Waals surface area contributed by atoms with E-state index in [0.29, 0.717) is 18.0 Å². The number of nitrogen functional groups attached to an aromatic ring is 1. The second-order valence-corrected chi connectivity index (χ2v) is 4.68. The summed E-state index contributed by atoms with van der Waals surface area (Å²) in [7, 11) is 0. The van der Waals surface area contributed by atoms with Gasteiger partial charge in [0, 0.05) is 0 Å². The van der Waals surface area contributed by atoms with Gasteiger partial charge in [-0.25, -0.2) is 4.79 Å². The Morgan fingerprint density at radius 2 is 2.32 bits per heavy atom. The molecule has 1 aliphatic carbocycles. The Morgan fingerprint density at radius 3 is 3.00 bits per heavy atom. The summed E-state index contributed by atoms with van der Waals surface area (Å²) in [5.41, 5.74) is 9.49. The summed E-state index contributed by atoms with van der Waals surface area (Å²) >= 11 is 0. The molecule has 1 amide bonds. The highest BCUT2D eigenvalue weighted by atomic mass is 16.5. The van der Waals surface area contributed by atoms with Gasteiger partial charge in [0.2, 0.25) is 0 Å². The Balaban J connectivity index is 2.11. The van der Waals surface area contributed by atoms with Crippen LogP contribution in [0.15, 0.2) is 24.3 Å². The largest absolute Gasteiger partial charge is 0.449 e. The summed E-state index contributed by atoms with van der Waals surface area (Å²) in [6.45, 7) is 2.37. The van der Waals surface area contributed by atoms with Gasteiger partial charge in [-0.2, -0.15) is 0 Å². The van der Waals surface area contributed by atoms with Crippen molar-refractivity contribution in [1.82, 2.24) is 0 Å². The summed E-state index contributed by atoms with van der Waals surface area (Å²) in [4.78, 5) is 11.6. The lowest BCUT2D eigenvalue weighted by atomic mass is 10.0. The van der Waals surface area contributed by atoms with Crippen molar-refractivity contribution in [3.63, 3.8) is 0 Å². The van der Waals surface area contributed by atoms with Gasteiger partial charge in [0.15, 0.2) is 0 Å². The highest BCUT2D eigenvalue weighted by molar-refractivity contribution is 5.90. The molecular formula is C15H20N2O2. The third-order valence-corrected chi connectivity index (χ3v) is 3.14. The second kappa shape index (κ2) is 6.27. The smallest absolute Gasteiger partial charge is 0.411 e. The van der Waals surface area contributed by atoms with Crippen LogP contribution in [0, 0.1) is 0 Å². The third-order valence-electron chi connectivity index (χ3n) is 3.14. The predicted molar refractivity (Wildman–Crippen MR) is 77.9 cm³/mol. The van der Waals surface area contributed by atoms with Crippen LogP contribution in [0.2, 0.25) is 0 Å². The normalized spacial score (nSPS) is 14.1. The molecule has 0 aromatic heterocycles. The van der Waals surface area contributed by atoms with Gasteiger partial charge in [-0.3, -0.25) is 5.32 Å². The Labute approximate surface area is 113 Å². The average molecular weight is 260 g/mol. The number of hydrogen-bond acceptors (Lipinski definition) is 3. The van der Waals surface area contributed by atoms with Gasteiger partial charge in [0.05, 0.1) is 18.0 Å². The minimum Gasteiger partial charge on any atom is -0.449 e. The van der Waals surface area contributed by atoms with E-state index in [4.69, 9.17) is 10.5 Å². The standard InChI is InChI=1S/C15H20N2O2/c1-2-9-19-15(18)17-14-10-12(7-8-13(14)16)11-5-3-4-6-11/h5,7-8,10H,2-4,6,9,16H2,1H3,(H,17,18). The number of hydrogen-bond donors (Lipinski definition) is 2. The van der Waals surface area contributed by atoms with Crippen molar-refractivity contribution in [3.8, 4) is 0 Å². The fourth-order valence-corrected chi connectivity index (χ4v) is 2.14. The topological polar surface area (TPSA) is 64.3 Å². The number of benzene rings is 1. The lowest BCUT2D eigenvalue weighted by Crippen LogP contribution is -2.15. The maximum atomic E-state index is 11.6. The van der Waals surface area contributed by atoms with Crippen LogP contribution in [0.5, 0.6) is 0 Å². The zero-order chi connectivity index (χ0) is 13.7. The van der Waals surface area contributed by atoms with Crippen molar-refractivity contribution in [2.45, 2.75) is 32.6 Å². The third kappa shape index (κ3) is 3.50. The van der Waals surface area contributed by atoms with E-state index in [1.54, 1.807) is 0 Å². The Bertz CT molecular complexity index is 495. The summed E-state index contributed by atoms with van der Waals surface area (Å²) in [6, 6.07) is 5.73. The van der Waals surface area contributed by atoms with Gasteiger partial charge in [0.25, 0.3) is 0 Å². The number of allylic oxidation sites excluding steroid dienone is 2. The van der Waals surface area contributed by atoms with Crippen LogP contribution in [0.25, 0.3) is 5.57 Å². The fourth-order valence-electron chi connectivity index (χ4n) is 2.14. The van der Waals surface area contributed by atoms with Crippen molar-refractivity contribution in [3.05, 3.63) is 29.8 Å². The van der Waals surface area contributed by atoms with E-state index in [-0.39, 0.29) is 0 Å². The zero-order valence-electron chi connectivity index (χ0n) is 11.2. The van der Waals surface area contributed by atoms with Crippen LogP contribution in [0.4, 0.5) is 16.2 Å². The first-order chi connectivity index (χ1) is 9.20. The number of rotatable bonds is 4. The molecule has 0 atom stereocenters. The van der Waals surface area contributed by atoms with Gasteiger partial charge in [-0.15, -0.1) is 0 Å². The second-order valence-electron chi connectivity index (χ2n) is 4.68. The molecule has 19 heavy (non-hydrogen) atoms. The first kappa shape index (κ1) is 13.5. The van der Waals surface area contributed by atoms with Crippen LogP contribution in [0.3, 0.4) is 0 Å². The quantitative estimate of drug-likeness (QED) is 0.809.